The van der Waals surface area contributed by atoms with Crippen molar-refractivity contribution in [2.24, 2.45) is 5.92 Å². The summed E-state index contributed by atoms with van der Waals surface area (Å²) in [5.74, 6) is 0.674. The Kier molecular flexibility index (Phi) is 4.01. The maximum Gasteiger partial charge on any atom is 0.240 e. The maximum absolute atomic E-state index is 11.9. The van der Waals surface area contributed by atoms with Crippen molar-refractivity contribution in [1.29, 1.82) is 0 Å². The highest BCUT2D eigenvalue weighted by Gasteiger charge is 2.35. The molecule has 1 aromatic carbocycles. The van der Waals surface area contributed by atoms with Crippen LogP contribution in [0.2, 0.25) is 0 Å². The monoisotopic (exact) mass is 283 g/mol. The molecule has 1 aromatic rings. The first-order chi connectivity index (χ1) is 8.97. The number of nitrogen functional groups attached to an aromatic ring is 1. The largest absolute Gasteiger partial charge is 0.397 e. The van der Waals surface area contributed by atoms with E-state index in [0.29, 0.717) is 29.9 Å². The van der Waals surface area contributed by atoms with Crippen LogP contribution in [0.1, 0.15) is 26.7 Å². The van der Waals surface area contributed by atoms with E-state index < -0.39 is 10.0 Å². The van der Waals surface area contributed by atoms with Crippen molar-refractivity contribution >= 4 is 21.4 Å². The van der Waals surface area contributed by atoms with Gasteiger partial charge in [-0.05, 0) is 30.5 Å². The fourth-order valence-electron chi connectivity index (χ4n) is 2.18. The predicted octanol–water partition coefficient (Wildman–Crippen LogP) is 1.78. The van der Waals surface area contributed by atoms with Crippen LogP contribution in [-0.4, -0.2) is 21.0 Å². The van der Waals surface area contributed by atoms with Gasteiger partial charge in [0.1, 0.15) is 0 Å². The number of rotatable bonds is 6. The van der Waals surface area contributed by atoms with E-state index in [2.05, 4.69) is 17.0 Å². The lowest BCUT2D eigenvalue weighted by Gasteiger charge is -2.11. The van der Waals surface area contributed by atoms with E-state index in [1.165, 1.54) is 6.07 Å². The predicted molar refractivity (Wildman–Crippen MR) is 77.5 cm³/mol. The summed E-state index contributed by atoms with van der Waals surface area (Å²) in [6.45, 7) is 4.28. The summed E-state index contributed by atoms with van der Waals surface area (Å²) in [5.41, 5.74) is 7.18. The first-order valence-electron chi connectivity index (χ1n) is 6.63. The van der Waals surface area contributed by atoms with Crippen molar-refractivity contribution in [3.05, 3.63) is 18.2 Å². The number of sulfonamides is 1. The van der Waals surface area contributed by atoms with E-state index in [-0.39, 0.29) is 4.90 Å². The van der Waals surface area contributed by atoms with Gasteiger partial charge in [0.15, 0.2) is 0 Å². The van der Waals surface area contributed by atoms with E-state index in [4.69, 9.17) is 5.73 Å². The lowest BCUT2D eigenvalue weighted by molar-refractivity contribution is 0.584. The van der Waals surface area contributed by atoms with E-state index in [1.807, 2.05) is 0 Å². The summed E-state index contributed by atoms with van der Waals surface area (Å²) in [5, 5.41) is 3.32. The van der Waals surface area contributed by atoms with E-state index in [0.717, 1.165) is 12.8 Å². The second-order valence-electron chi connectivity index (χ2n) is 4.91. The molecule has 1 fully saturated rings. The Hall–Kier alpha value is -1.27. The first-order valence-corrected chi connectivity index (χ1v) is 8.12. The van der Waals surface area contributed by atoms with Gasteiger partial charge < -0.3 is 11.1 Å². The Morgan fingerprint density at radius 2 is 2.11 bits per heavy atom. The molecule has 4 N–H and O–H groups in total. The fourth-order valence-corrected chi connectivity index (χ4v) is 3.24. The summed E-state index contributed by atoms with van der Waals surface area (Å²) in [4.78, 5) is 0.250. The molecule has 0 heterocycles. The number of nitrogens with one attached hydrogen (secondary N) is 2. The van der Waals surface area contributed by atoms with Crippen molar-refractivity contribution in [2.45, 2.75) is 37.6 Å². The average molecular weight is 283 g/mol. The van der Waals surface area contributed by atoms with Gasteiger partial charge in [-0.2, -0.15) is 0 Å². The van der Waals surface area contributed by atoms with Crippen LogP contribution in [0.3, 0.4) is 0 Å². The third-order valence-corrected chi connectivity index (χ3v) is 5.00. The zero-order valence-electron chi connectivity index (χ0n) is 11.3. The Bertz CT molecular complexity index is 557. The van der Waals surface area contributed by atoms with Crippen LogP contribution >= 0.6 is 0 Å². The molecule has 106 valence electrons. The molecule has 2 atom stereocenters. The minimum absolute atomic E-state index is 0.250. The van der Waals surface area contributed by atoms with E-state index in [1.54, 1.807) is 19.1 Å². The number of hydrogen-bond acceptors (Lipinski definition) is 4. The smallest absolute Gasteiger partial charge is 0.240 e. The molecule has 2 rings (SSSR count). The summed E-state index contributed by atoms with van der Waals surface area (Å²) in [7, 11) is -3.43. The van der Waals surface area contributed by atoms with E-state index in [9.17, 15) is 8.42 Å². The third kappa shape index (κ3) is 3.19. The van der Waals surface area contributed by atoms with Gasteiger partial charge in [-0.3, -0.25) is 0 Å². The zero-order chi connectivity index (χ0) is 14.0. The van der Waals surface area contributed by atoms with Crippen LogP contribution in [0, 0.1) is 5.92 Å². The Morgan fingerprint density at radius 3 is 2.68 bits per heavy atom. The summed E-state index contributed by atoms with van der Waals surface area (Å²) >= 11 is 0. The van der Waals surface area contributed by atoms with Gasteiger partial charge in [0.25, 0.3) is 0 Å². The van der Waals surface area contributed by atoms with Gasteiger partial charge >= 0.3 is 0 Å². The second-order valence-corrected chi connectivity index (χ2v) is 6.67. The van der Waals surface area contributed by atoms with Crippen molar-refractivity contribution in [1.82, 2.24) is 4.72 Å². The SMILES string of the molecule is CCNS(=O)(=O)c1ccc(N)c(NC2CC2CC)c1. The van der Waals surface area contributed by atoms with Gasteiger partial charge in [0, 0.05) is 12.6 Å². The maximum atomic E-state index is 11.9. The van der Waals surface area contributed by atoms with Gasteiger partial charge in [-0.15, -0.1) is 0 Å². The van der Waals surface area contributed by atoms with Gasteiger partial charge in [0.2, 0.25) is 10.0 Å². The van der Waals surface area contributed by atoms with Crippen molar-refractivity contribution in [2.75, 3.05) is 17.6 Å². The molecular weight excluding hydrogens is 262 g/mol. The van der Waals surface area contributed by atoms with Crippen LogP contribution in [0.25, 0.3) is 0 Å². The van der Waals surface area contributed by atoms with Crippen LogP contribution in [0.5, 0.6) is 0 Å². The highest BCUT2D eigenvalue weighted by atomic mass is 32.2. The minimum atomic E-state index is -3.43. The Labute approximate surface area is 114 Å². The molecule has 1 aliphatic carbocycles. The van der Waals surface area contributed by atoms with Crippen LogP contribution in [0.4, 0.5) is 11.4 Å². The van der Waals surface area contributed by atoms with E-state index >= 15 is 0 Å². The first kappa shape index (κ1) is 14.1. The second kappa shape index (κ2) is 5.38. The molecule has 19 heavy (non-hydrogen) atoms. The molecular formula is C13H21N3O2S. The van der Waals surface area contributed by atoms with Gasteiger partial charge in [-0.1, -0.05) is 20.3 Å². The number of anilines is 2. The number of benzene rings is 1. The third-order valence-electron chi connectivity index (χ3n) is 3.46. The van der Waals surface area contributed by atoms with Gasteiger partial charge in [0.05, 0.1) is 16.3 Å². The Balaban J connectivity index is 2.20. The standard InChI is InChI=1S/C13H21N3O2S/c1-3-9-7-12(9)16-13-8-10(5-6-11(13)14)19(17,18)15-4-2/h5-6,8-9,12,15-16H,3-4,7,14H2,1-2H3. The molecule has 0 amide bonds. The molecule has 1 aliphatic rings. The summed E-state index contributed by atoms with van der Waals surface area (Å²) in [6, 6.07) is 5.20. The van der Waals surface area contributed by atoms with Crippen LogP contribution < -0.4 is 15.8 Å². The number of hydrogen-bond donors (Lipinski definition) is 3. The molecule has 5 nitrogen and oxygen atoms in total. The summed E-state index contributed by atoms with van der Waals surface area (Å²) in [6.07, 6.45) is 2.26. The molecule has 1 saturated carbocycles. The topological polar surface area (TPSA) is 84.2 Å². The van der Waals surface area contributed by atoms with Crippen LogP contribution in [-0.2, 0) is 10.0 Å². The van der Waals surface area contributed by atoms with Gasteiger partial charge in [-0.25, -0.2) is 13.1 Å². The lowest BCUT2D eigenvalue weighted by atomic mass is 10.2. The van der Waals surface area contributed by atoms with Crippen molar-refractivity contribution in [3.63, 3.8) is 0 Å². The minimum Gasteiger partial charge on any atom is -0.397 e. The highest BCUT2D eigenvalue weighted by Crippen LogP contribution is 2.37. The van der Waals surface area contributed by atoms with Crippen molar-refractivity contribution in [3.8, 4) is 0 Å². The molecule has 2 unspecified atom stereocenters. The van der Waals surface area contributed by atoms with Crippen molar-refractivity contribution < 1.29 is 8.42 Å². The quantitative estimate of drug-likeness (QED) is 0.695. The average Bonchev–Trinajstić information content (AvgIpc) is 3.10. The molecule has 0 aromatic heterocycles. The molecule has 0 aliphatic heterocycles. The summed E-state index contributed by atoms with van der Waals surface area (Å²) < 4.78 is 26.4. The molecule has 0 spiro atoms. The molecule has 0 bridgehead atoms. The molecule has 0 saturated heterocycles. The highest BCUT2D eigenvalue weighted by molar-refractivity contribution is 7.89. The zero-order valence-corrected chi connectivity index (χ0v) is 12.1. The number of nitrogens with two attached hydrogens (primary N) is 1. The Morgan fingerprint density at radius 1 is 1.37 bits per heavy atom. The molecule has 0 radical (unpaired) electrons. The normalized spacial score (nSPS) is 22.2. The lowest BCUT2D eigenvalue weighted by Crippen LogP contribution is -2.23. The van der Waals surface area contributed by atoms with Crippen LogP contribution in [0.15, 0.2) is 23.1 Å². The fraction of sp³-hybridized carbons (Fsp3) is 0.538. The molecule has 6 heteroatoms.